The van der Waals surface area contributed by atoms with Gasteiger partial charge in [-0.05, 0) is 32.9 Å². The summed E-state index contributed by atoms with van der Waals surface area (Å²) in [5.74, 6) is -1.82. The van der Waals surface area contributed by atoms with Crippen LogP contribution in [0.2, 0.25) is 0 Å². The van der Waals surface area contributed by atoms with Crippen molar-refractivity contribution in [2.45, 2.75) is 32.5 Å². The number of benzene rings is 1. The van der Waals surface area contributed by atoms with Crippen LogP contribution in [0.5, 0.6) is 5.75 Å². The quantitative estimate of drug-likeness (QED) is 0.696. The maximum Gasteiger partial charge on any atom is 0.416 e. The van der Waals surface area contributed by atoms with E-state index < -0.39 is 29.3 Å². The zero-order valence-electron chi connectivity index (χ0n) is 16.7. The number of alkyl halides is 3. The largest absolute Gasteiger partial charge is 0.488 e. The van der Waals surface area contributed by atoms with E-state index in [1.807, 2.05) is 0 Å². The zero-order chi connectivity index (χ0) is 22.0. The van der Waals surface area contributed by atoms with Crippen molar-refractivity contribution in [1.82, 2.24) is 0 Å². The number of carbonyl (C=O) groups is 2. The standard InChI is InChI=1S/C19H22F3NO6/c1-18(2,3)29-13-7-11(19(20,21)22)6-12(8-13)23-10-28-9-14(16(24)26-4)15(23)17(25)27-5/h6-8H,9-10H2,1-5H3. The van der Waals surface area contributed by atoms with Crippen LogP contribution in [0.15, 0.2) is 29.5 Å². The fourth-order valence-corrected chi connectivity index (χ4v) is 2.66. The predicted octanol–water partition coefficient (Wildman–Crippen LogP) is 3.28. The summed E-state index contributed by atoms with van der Waals surface area (Å²) in [6, 6.07) is 3.03. The number of carbonyl (C=O) groups excluding carboxylic acids is 2. The van der Waals surface area contributed by atoms with E-state index in [1.165, 1.54) is 6.07 Å². The van der Waals surface area contributed by atoms with Crippen molar-refractivity contribution in [3.63, 3.8) is 0 Å². The van der Waals surface area contributed by atoms with Gasteiger partial charge in [0.05, 0.1) is 32.0 Å². The molecule has 10 heteroatoms. The second kappa shape index (κ2) is 8.32. The van der Waals surface area contributed by atoms with Crippen LogP contribution in [0.3, 0.4) is 0 Å². The summed E-state index contributed by atoms with van der Waals surface area (Å²) in [5, 5.41) is 0. The molecule has 1 heterocycles. The van der Waals surface area contributed by atoms with Crippen molar-refractivity contribution in [2.24, 2.45) is 0 Å². The number of halogens is 3. The van der Waals surface area contributed by atoms with Crippen molar-refractivity contribution >= 4 is 17.6 Å². The lowest BCUT2D eigenvalue weighted by Gasteiger charge is -2.32. The van der Waals surface area contributed by atoms with Gasteiger partial charge in [-0.3, -0.25) is 0 Å². The van der Waals surface area contributed by atoms with E-state index in [0.717, 1.165) is 31.3 Å². The maximum absolute atomic E-state index is 13.4. The van der Waals surface area contributed by atoms with Gasteiger partial charge in [0.2, 0.25) is 0 Å². The van der Waals surface area contributed by atoms with Gasteiger partial charge >= 0.3 is 18.1 Å². The van der Waals surface area contributed by atoms with Gasteiger partial charge in [0.1, 0.15) is 23.8 Å². The minimum atomic E-state index is -4.66. The average molecular weight is 417 g/mol. The molecule has 1 aliphatic rings. The fourth-order valence-electron chi connectivity index (χ4n) is 2.66. The van der Waals surface area contributed by atoms with Crippen LogP contribution in [0.1, 0.15) is 26.3 Å². The Kier molecular flexibility index (Phi) is 6.46. The first-order valence-corrected chi connectivity index (χ1v) is 8.53. The monoisotopic (exact) mass is 417 g/mol. The first-order valence-electron chi connectivity index (χ1n) is 8.53. The maximum atomic E-state index is 13.4. The van der Waals surface area contributed by atoms with Crippen molar-refractivity contribution < 1.29 is 41.7 Å². The highest BCUT2D eigenvalue weighted by Crippen LogP contribution is 2.38. The van der Waals surface area contributed by atoms with E-state index in [1.54, 1.807) is 20.8 Å². The topological polar surface area (TPSA) is 74.3 Å². The summed E-state index contributed by atoms with van der Waals surface area (Å²) in [5.41, 5.74) is -2.23. The third-order valence-electron chi connectivity index (χ3n) is 3.79. The molecule has 0 atom stereocenters. The molecule has 29 heavy (non-hydrogen) atoms. The van der Waals surface area contributed by atoms with Crippen LogP contribution in [0, 0.1) is 0 Å². The molecule has 0 spiro atoms. The molecule has 0 saturated carbocycles. The molecule has 0 N–H and O–H groups in total. The van der Waals surface area contributed by atoms with Crippen LogP contribution < -0.4 is 9.64 Å². The second-order valence-electron chi connectivity index (χ2n) is 7.14. The normalized spacial score (nSPS) is 15.2. The Morgan fingerprint density at radius 3 is 2.17 bits per heavy atom. The Balaban J connectivity index is 2.67. The molecular weight excluding hydrogens is 395 g/mol. The lowest BCUT2D eigenvalue weighted by atomic mass is 10.1. The number of rotatable bonds is 4. The lowest BCUT2D eigenvalue weighted by Crippen LogP contribution is -2.39. The summed E-state index contributed by atoms with van der Waals surface area (Å²) in [6.07, 6.45) is -4.66. The third kappa shape index (κ3) is 5.41. The van der Waals surface area contributed by atoms with Crippen molar-refractivity contribution in [2.75, 3.05) is 32.5 Å². The van der Waals surface area contributed by atoms with Gasteiger partial charge in [-0.2, -0.15) is 13.2 Å². The molecule has 1 aromatic carbocycles. The molecular formula is C19H22F3NO6. The second-order valence-corrected chi connectivity index (χ2v) is 7.14. The smallest absolute Gasteiger partial charge is 0.416 e. The highest BCUT2D eigenvalue weighted by atomic mass is 19.4. The first kappa shape index (κ1) is 22.5. The van der Waals surface area contributed by atoms with E-state index in [0.29, 0.717) is 0 Å². The van der Waals surface area contributed by atoms with Gasteiger partial charge in [0.25, 0.3) is 0 Å². The van der Waals surface area contributed by atoms with E-state index in [4.69, 9.17) is 14.2 Å². The Morgan fingerprint density at radius 2 is 1.66 bits per heavy atom. The Hall–Kier alpha value is -2.75. The van der Waals surface area contributed by atoms with Crippen molar-refractivity contribution in [3.05, 3.63) is 35.0 Å². The molecule has 0 fully saturated rings. The summed E-state index contributed by atoms with van der Waals surface area (Å²) in [4.78, 5) is 25.5. The molecule has 0 bridgehead atoms. The molecule has 0 radical (unpaired) electrons. The lowest BCUT2D eigenvalue weighted by molar-refractivity contribution is -0.140. The van der Waals surface area contributed by atoms with Gasteiger partial charge < -0.3 is 23.8 Å². The fraction of sp³-hybridized carbons (Fsp3) is 0.474. The van der Waals surface area contributed by atoms with Gasteiger partial charge in [0, 0.05) is 11.8 Å². The molecule has 0 amide bonds. The molecule has 0 saturated heterocycles. The minimum Gasteiger partial charge on any atom is -0.488 e. The zero-order valence-corrected chi connectivity index (χ0v) is 16.7. The average Bonchev–Trinajstić information content (AvgIpc) is 2.63. The minimum absolute atomic E-state index is 0.0550. The van der Waals surface area contributed by atoms with Crippen molar-refractivity contribution in [1.29, 1.82) is 0 Å². The van der Waals surface area contributed by atoms with Gasteiger partial charge in [-0.1, -0.05) is 0 Å². The highest BCUT2D eigenvalue weighted by Gasteiger charge is 2.36. The van der Waals surface area contributed by atoms with Crippen LogP contribution in [0.25, 0.3) is 0 Å². The number of nitrogens with zero attached hydrogens (tertiary/aromatic N) is 1. The van der Waals surface area contributed by atoms with Gasteiger partial charge in [-0.25, -0.2) is 9.59 Å². The molecule has 1 aromatic rings. The van der Waals surface area contributed by atoms with Crippen LogP contribution in [-0.2, 0) is 30.0 Å². The molecule has 0 aromatic heterocycles. The Bertz CT molecular complexity index is 826. The van der Waals surface area contributed by atoms with E-state index >= 15 is 0 Å². The van der Waals surface area contributed by atoms with E-state index in [2.05, 4.69) is 4.74 Å². The predicted molar refractivity (Wildman–Crippen MR) is 96.2 cm³/mol. The van der Waals surface area contributed by atoms with Gasteiger partial charge in [-0.15, -0.1) is 0 Å². The third-order valence-corrected chi connectivity index (χ3v) is 3.79. The highest BCUT2D eigenvalue weighted by molar-refractivity contribution is 6.03. The summed E-state index contributed by atoms with van der Waals surface area (Å²) < 4.78 is 60.6. The Labute approximate surface area is 166 Å². The van der Waals surface area contributed by atoms with Crippen LogP contribution >= 0.6 is 0 Å². The van der Waals surface area contributed by atoms with E-state index in [-0.39, 0.29) is 36.0 Å². The molecule has 2 rings (SSSR count). The first-order chi connectivity index (χ1) is 13.4. The summed E-state index contributed by atoms with van der Waals surface area (Å²) in [7, 11) is 2.21. The summed E-state index contributed by atoms with van der Waals surface area (Å²) in [6.45, 7) is 4.53. The number of hydrogen-bond donors (Lipinski definition) is 0. The molecule has 0 unspecified atom stereocenters. The number of esters is 2. The molecule has 0 aliphatic carbocycles. The van der Waals surface area contributed by atoms with Crippen LogP contribution in [-0.4, -0.2) is 45.1 Å². The van der Waals surface area contributed by atoms with Crippen molar-refractivity contribution in [3.8, 4) is 5.75 Å². The molecule has 160 valence electrons. The summed E-state index contributed by atoms with van der Waals surface area (Å²) >= 11 is 0. The van der Waals surface area contributed by atoms with Crippen LogP contribution in [0.4, 0.5) is 18.9 Å². The molecule has 7 nitrogen and oxygen atoms in total. The molecule has 1 aliphatic heterocycles. The number of methoxy groups -OCH3 is 2. The van der Waals surface area contributed by atoms with Gasteiger partial charge in [0.15, 0.2) is 0 Å². The number of hydrogen-bond acceptors (Lipinski definition) is 7. The van der Waals surface area contributed by atoms with E-state index in [9.17, 15) is 22.8 Å². The number of anilines is 1. The number of ether oxygens (including phenoxy) is 4. The Morgan fingerprint density at radius 1 is 1.03 bits per heavy atom. The SMILES string of the molecule is COC(=O)C1=C(C(=O)OC)N(c2cc(OC(C)(C)C)cc(C(F)(F)F)c2)COC1.